The number of thiazole rings is 1. The number of aryl methyl sites for hydroxylation is 2. The van der Waals surface area contributed by atoms with E-state index >= 15 is 0 Å². The lowest BCUT2D eigenvalue weighted by Gasteiger charge is -2.35. The first-order chi connectivity index (χ1) is 21.7. The number of carbonyl (C=O) groups is 3. The number of benzene rings is 1. The van der Waals surface area contributed by atoms with Gasteiger partial charge in [0.15, 0.2) is 10.9 Å². The van der Waals surface area contributed by atoms with Crippen LogP contribution in [0.4, 0.5) is 33.1 Å². The van der Waals surface area contributed by atoms with Crippen LogP contribution in [0.1, 0.15) is 33.2 Å². The summed E-state index contributed by atoms with van der Waals surface area (Å²) in [7, 11) is 0. The Morgan fingerprint density at radius 3 is 2.58 bits per heavy atom. The average molecular weight is 648 g/mol. The molecule has 2 saturated heterocycles. The summed E-state index contributed by atoms with van der Waals surface area (Å²) in [5.41, 5.74) is 2.25. The van der Waals surface area contributed by atoms with Crippen molar-refractivity contribution < 1.29 is 14.4 Å². The molecule has 232 valence electrons. The smallest absolute Gasteiger partial charge is 0.329 e. The zero-order valence-corrected chi connectivity index (χ0v) is 26.2. The number of nitrogens with one attached hydrogen (secondary N) is 3. The maximum Gasteiger partial charge on any atom is 0.329 e. The predicted octanol–water partition coefficient (Wildman–Crippen LogP) is 3.76. The average Bonchev–Trinajstić information content (AvgIpc) is 3.48. The maximum atomic E-state index is 12.8. The first-order valence-electron chi connectivity index (χ1n) is 14.3. The number of halogens is 1. The third kappa shape index (κ3) is 7.16. The Labute approximate surface area is 267 Å². The van der Waals surface area contributed by atoms with Crippen molar-refractivity contribution in [3.63, 3.8) is 0 Å². The number of imide groups is 1. The van der Waals surface area contributed by atoms with Crippen LogP contribution in [-0.2, 0) is 11.3 Å². The van der Waals surface area contributed by atoms with E-state index in [1.165, 1.54) is 22.4 Å². The SMILES string of the molecule is Cc1nc(Nc2ncc(C(=O)Nc3c(C)cccc3Cl)s2)cc(N2CCN(Cc3ccc(N4CCC(=O)NC4=O)nn3)CC2)n1. The van der Waals surface area contributed by atoms with Crippen LogP contribution in [0.3, 0.4) is 0 Å². The number of rotatable bonds is 8. The Bertz CT molecular complexity index is 1720. The largest absolute Gasteiger partial charge is 0.354 e. The van der Waals surface area contributed by atoms with Crippen molar-refractivity contribution >= 4 is 69.1 Å². The number of piperazine rings is 1. The molecule has 3 N–H and O–H groups in total. The second kappa shape index (κ2) is 13.1. The summed E-state index contributed by atoms with van der Waals surface area (Å²) in [5, 5.41) is 17.9. The fraction of sp³-hybridized carbons (Fsp3) is 0.310. The molecular formula is C29H30ClN11O3S. The second-order valence-corrected chi connectivity index (χ2v) is 12.0. The number of para-hydroxylation sites is 1. The summed E-state index contributed by atoms with van der Waals surface area (Å²) < 4.78 is 0. The highest BCUT2D eigenvalue weighted by molar-refractivity contribution is 7.17. The fourth-order valence-electron chi connectivity index (χ4n) is 5.02. The van der Waals surface area contributed by atoms with Crippen LogP contribution in [0, 0.1) is 13.8 Å². The standard InChI is InChI=1S/C29H30ClN11O3S/c1-17-4-3-5-20(30)26(17)36-27(43)21-15-31-28(45-21)34-22-14-24(33-18(2)32-22)40-12-10-39(11-13-40)16-19-6-7-23(38-37-19)41-9-8-25(42)35-29(41)44/h3-7,14-15H,8-13,16H2,1-2H3,(H,36,43)(H,35,42,44)(H,31,32,33,34). The van der Waals surface area contributed by atoms with Crippen LogP contribution in [-0.4, -0.2) is 80.6 Å². The van der Waals surface area contributed by atoms with Gasteiger partial charge in [-0.15, -0.1) is 5.10 Å². The van der Waals surface area contributed by atoms with Crippen LogP contribution in [0.25, 0.3) is 0 Å². The molecule has 4 aromatic rings. The molecule has 4 amide bonds. The molecule has 0 unspecified atom stereocenters. The topological polar surface area (TPSA) is 161 Å². The lowest BCUT2D eigenvalue weighted by Crippen LogP contribution is -2.50. The van der Waals surface area contributed by atoms with Gasteiger partial charge in [-0.25, -0.2) is 19.7 Å². The molecule has 6 rings (SSSR count). The van der Waals surface area contributed by atoms with Gasteiger partial charge in [0.1, 0.15) is 22.3 Å². The molecular weight excluding hydrogens is 618 g/mol. The van der Waals surface area contributed by atoms with Gasteiger partial charge in [-0.3, -0.25) is 24.7 Å². The highest BCUT2D eigenvalue weighted by atomic mass is 35.5. The van der Waals surface area contributed by atoms with Gasteiger partial charge in [-0.05, 0) is 37.6 Å². The van der Waals surface area contributed by atoms with Crippen molar-refractivity contribution in [1.82, 2.24) is 35.4 Å². The molecule has 45 heavy (non-hydrogen) atoms. The molecule has 1 aromatic carbocycles. The highest BCUT2D eigenvalue weighted by Crippen LogP contribution is 2.28. The quantitative estimate of drug-likeness (QED) is 0.255. The summed E-state index contributed by atoms with van der Waals surface area (Å²) >= 11 is 7.48. The van der Waals surface area contributed by atoms with Gasteiger partial charge in [0.2, 0.25) is 5.91 Å². The Morgan fingerprint density at radius 1 is 1.02 bits per heavy atom. The molecule has 2 aliphatic heterocycles. The van der Waals surface area contributed by atoms with Gasteiger partial charge in [0.25, 0.3) is 5.91 Å². The molecule has 5 heterocycles. The monoisotopic (exact) mass is 647 g/mol. The Balaban J connectivity index is 1.03. The van der Waals surface area contributed by atoms with E-state index in [2.05, 4.69) is 50.9 Å². The van der Waals surface area contributed by atoms with E-state index in [1.54, 1.807) is 12.1 Å². The minimum atomic E-state index is -0.480. The van der Waals surface area contributed by atoms with Gasteiger partial charge in [-0.2, -0.15) is 5.10 Å². The third-order valence-corrected chi connectivity index (χ3v) is 8.59. The summed E-state index contributed by atoms with van der Waals surface area (Å²) in [6.45, 7) is 7.73. The second-order valence-electron chi connectivity index (χ2n) is 10.6. The minimum Gasteiger partial charge on any atom is -0.354 e. The van der Waals surface area contributed by atoms with Crippen molar-refractivity contribution in [2.24, 2.45) is 0 Å². The summed E-state index contributed by atoms with van der Waals surface area (Å²) in [4.78, 5) is 56.2. The number of urea groups is 1. The first kappa shape index (κ1) is 30.3. The van der Waals surface area contributed by atoms with Crippen molar-refractivity contribution in [3.8, 4) is 0 Å². The Kier molecular flexibility index (Phi) is 8.82. The molecule has 2 fully saturated rings. The molecule has 0 saturated carbocycles. The van der Waals surface area contributed by atoms with Gasteiger partial charge in [0.05, 0.1) is 22.6 Å². The third-order valence-electron chi connectivity index (χ3n) is 7.37. The van der Waals surface area contributed by atoms with E-state index in [-0.39, 0.29) is 24.8 Å². The number of hydrogen-bond donors (Lipinski definition) is 3. The van der Waals surface area contributed by atoms with Crippen molar-refractivity contribution in [2.75, 3.05) is 53.2 Å². The van der Waals surface area contributed by atoms with E-state index in [0.29, 0.717) is 44.7 Å². The number of nitrogens with zero attached hydrogens (tertiary/aromatic N) is 8. The first-order valence-corrected chi connectivity index (χ1v) is 15.5. The summed E-state index contributed by atoms with van der Waals surface area (Å²) in [6.07, 6.45) is 1.76. The van der Waals surface area contributed by atoms with E-state index in [1.807, 2.05) is 38.1 Å². The van der Waals surface area contributed by atoms with Gasteiger partial charge >= 0.3 is 6.03 Å². The van der Waals surface area contributed by atoms with Gasteiger partial charge in [-0.1, -0.05) is 35.1 Å². The van der Waals surface area contributed by atoms with Gasteiger partial charge < -0.3 is 15.5 Å². The van der Waals surface area contributed by atoms with Crippen LogP contribution in [0.15, 0.2) is 42.6 Å². The van der Waals surface area contributed by atoms with Crippen molar-refractivity contribution in [1.29, 1.82) is 0 Å². The molecule has 0 radical (unpaired) electrons. The molecule has 0 bridgehead atoms. The molecule has 14 nitrogen and oxygen atoms in total. The minimum absolute atomic E-state index is 0.235. The lowest BCUT2D eigenvalue weighted by molar-refractivity contribution is -0.120. The van der Waals surface area contributed by atoms with Crippen molar-refractivity contribution in [2.45, 2.75) is 26.8 Å². The lowest BCUT2D eigenvalue weighted by atomic mass is 10.2. The van der Waals surface area contributed by atoms with Crippen LogP contribution in [0.2, 0.25) is 5.02 Å². The maximum absolute atomic E-state index is 12.8. The molecule has 0 spiro atoms. The van der Waals surface area contributed by atoms with Gasteiger partial charge in [0, 0.05) is 51.8 Å². The number of carbonyl (C=O) groups excluding carboxylic acids is 3. The Morgan fingerprint density at radius 2 is 1.84 bits per heavy atom. The van der Waals surface area contributed by atoms with E-state index in [9.17, 15) is 14.4 Å². The van der Waals surface area contributed by atoms with Crippen molar-refractivity contribution in [3.05, 3.63) is 69.6 Å². The zero-order valence-electron chi connectivity index (χ0n) is 24.6. The Hall–Kier alpha value is -4.73. The predicted molar refractivity (Wildman–Crippen MR) is 171 cm³/mol. The molecule has 2 aliphatic rings. The highest BCUT2D eigenvalue weighted by Gasteiger charge is 2.26. The summed E-state index contributed by atoms with van der Waals surface area (Å²) in [5.74, 6) is 1.85. The van der Waals surface area contributed by atoms with Crippen LogP contribution >= 0.6 is 22.9 Å². The zero-order chi connectivity index (χ0) is 31.5. The fourth-order valence-corrected chi connectivity index (χ4v) is 6.01. The van der Waals surface area contributed by atoms with Crippen LogP contribution in [0.5, 0.6) is 0 Å². The number of amides is 4. The molecule has 0 atom stereocenters. The normalized spacial score (nSPS) is 15.6. The summed E-state index contributed by atoms with van der Waals surface area (Å²) in [6, 6.07) is 10.5. The molecule has 3 aromatic heterocycles. The van der Waals surface area contributed by atoms with E-state index < -0.39 is 6.03 Å². The molecule has 16 heteroatoms. The number of aromatic nitrogens is 5. The molecule has 0 aliphatic carbocycles. The van der Waals surface area contributed by atoms with E-state index in [4.69, 9.17) is 11.6 Å². The van der Waals surface area contributed by atoms with Crippen LogP contribution < -0.4 is 25.8 Å². The number of hydrogen-bond acceptors (Lipinski definition) is 12. The number of anilines is 5. The van der Waals surface area contributed by atoms with E-state index in [0.717, 1.165) is 43.3 Å².